The van der Waals surface area contributed by atoms with Crippen LogP contribution in [0.5, 0.6) is 0 Å². The highest BCUT2D eigenvalue weighted by Crippen LogP contribution is 2.44. The second kappa shape index (κ2) is 4.35. The summed E-state index contributed by atoms with van der Waals surface area (Å²) in [6.07, 6.45) is -0.568. The number of carbonyl (C=O) groups is 1. The minimum Gasteiger partial charge on any atom is -0.381 e. The fourth-order valence-electron chi connectivity index (χ4n) is 2.70. The Kier molecular flexibility index (Phi) is 2.90. The number of halogens is 1. The zero-order chi connectivity index (χ0) is 13.6. The van der Waals surface area contributed by atoms with Gasteiger partial charge in [0.05, 0.1) is 5.69 Å². The molecule has 3 rings (SSSR count). The molecule has 0 aliphatic carbocycles. The zero-order valence-electron chi connectivity index (χ0n) is 10.2. The van der Waals surface area contributed by atoms with Crippen molar-refractivity contribution < 1.29 is 19.0 Å². The number of anilines is 1. The number of aliphatic hydroxyl groups is 1. The van der Waals surface area contributed by atoms with Crippen molar-refractivity contribution in [3.63, 3.8) is 0 Å². The summed E-state index contributed by atoms with van der Waals surface area (Å²) in [4.78, 5) is 17.1. The minimum absolute atomic E-state index is 0.147. The Morgan fingerprint density at radius 3 is 3.11 bits per heavy atom. The molecule has 0 saturated carbocycles. The maximum absolute atomic E-state index is 11.5. The molecular formula is C12H13ClN2O4. The first-order valence-electron chi connectivity index (χ1n) is 5.87. The lowest BCUT2D eigenvalue weighted by Crippen LogP contribution is -2.51. The molecule has 2 N–H and O–H groups in total. The van der Waals surface area contributed by atoms with Gasteiger partial charge in [0.1, 0.15) is 23.5 Å². The number of hydrogen-bond donors (Lipinski definition) is 2. The SMILES string of the molecule is CN1O[C@H]2N[C@H](C(=O)OCl)C[C@@]2(O)c2ccccc21. The molecule has 1 fully saturated rings. The number of fused-ring (bicyclic) bond motifs is 3. The highest BCUT2D eigenvalue weighted by Gasteiger charge is 2.55. The van der Waals surface area contributed by atoms with Gasteiger partial charge >= 0.3 is 5.97 Å². The molecule has 6 nitrogen and oxygen atoms in total. The zero-order valence-corrected chi connectivity index (χ0v) is 10.9. The van der Waals surface area contributed by atoms with Crippen LogP contribution >= 0.6 is 11.9 Å². The monoisotopic (exact) mass is 284 g/mol. The summed E-state index contributed by atoms with van der Waals surface area (Å²) in [7, 11) is 1.74. The summed E-state index contributed by atoms with van der Waals surface area (Å²) in [6, 6.07) is 6.65. The molecule has 2 aliphatic heterocycles. The van der Waals surface area contributed by atoms with Crippen LogP contribution in [0.2, 0.25) is 0 Å². The molecule has 7 heteroatoms. The molecule has 0 unspecified atom stereocenters. The normalized spacial score (nSPS) is 32.7. The Morgan fingerprint density at radius 1 is 1.63 bits per heavy atom. The third kappa shape index (κ3) is 1.80. The van der Waals surface area contributed by atoms with E-state index < -0.39 is 23.8 Å². The Labute approximate surface area is 115 Å². The summed E-state index contributed by atoms with van der Waals surface area (Å²) in [6.45, 7) is 0. The fourth-order valence-corrected chi connectivity index (χ4v) is 2.81. The van der Waals surface area contributed by atoms with Gasteiger partial charge in [0.15, 0.2) is 6.23 Å². The average Bonchev–Trinajstić information content (AvgIpc) is 2.77. The van der Waals surface area contributed by atoms with Gasteiger partial charge in [0.25, 0.3) is 0 Å². The van der Waals surface area contributed by atoms with Crippen molar-refractivity contribution >= 4 is 23.5 Å². The molecule has 2 heterocycles. The molecule has 1 aromatic rings. The fraction of sp³-hybridized carbons (Fsp3) is 0.417. The van der Waals surface area contributed by atoms with Crippen LogP contribution in [0.25, 0.3) is 0 Å². The van der Waals surface area contributed by atoms with Gasteiger partial charge in [-0.05, 0) is 6.07 Å². The standard InChI is InChI=1S/C12H13ClN2O4/c1-15-9-5-3-2-4-7(9)12(17)6-8(10(16)18-13)14-11(12)19-15/h2-5,8,11,14,17H,6H2,1H3/t8-,11+,12+/m0/s1. The van der Waals surface area contributed by atoms with Crippen molar-refractivity contribution in [1.82, 2.24) is 5.32 Å². The van der Waals surface area contributed by atoms with Crippen LogP contribution in [-0.2, 0) is 19.5 Å². The first-order valence-corrected chi connectivity index (χ1v) is 6.18. The largest absolute Gasteiger partial charge is 0.381 e. The summed E-state index contributed by atoms with van der Waals surface area (Å²) < 4.78 is 4.19. The number of carbonyl (C=O) groups excluding carboxylic acids is 1. The number of para-hydroxylation sites is 1. The Morgan fingerprint density at radius 2 is 2.37 bits per heavy atom. The van der Waals surface area contributed by atoms with Crippen molar-refractivity contribution in [2.24, 2.45) is 0 Å². The molecule has 1 aromatic carbocycles. The van der Waals surface area contributed by atoms with E-state index in [1.165, 1.54) is 0 Å². The number of hydrogen-bond acceptors (Lipinski definition) is 6. The van der Waals surface area contributed by atoms with E-state index in [2.05, 4.69) is 9.61 Å². The Balaban J connectivity index is 2.01. The molecule has 1 saturated heterocycles. The lowest BCUT2D eigenvalue weighted by Gasteiger charge is -2.40. The highest BCUT2D eigenvalue weighted by molar-refractivity contribution is 6.13. The van der Waals surface area contributed by atoms with Gasteiger partial charge in [-0.3, -0.25) is 15.2 Å². The van der Waals surface area contributed by atoms with E-state index >= 15 is 0 Å². The highest BCUT2D eigenvalue weighted by atomic mass is 35.5. The van der Waals surface area contributed by atoms with E-state index in [9.17, 15) is 9.90 Å². The van der Waals surface area contributed by atoms with Gasteiger partial charge in [-0.15, -0.1) is 0 Å². The number of hydroxylamine groups is 1. The average molecular weight is 285 g/mol. The van der Waals surface area contributed by atoms with E-state index in [-0.39, 0.29) is 6.42 Å². The van der Waals surface area contributed by atoms with Crippen LogP contribution in [-0.4, -0.2) is 30.4 Å². The molecule has 2 aliphatic rings. The maximum Gasteiger partial charge on any atom is 0.341 e. The van der Waals surface area contributed by atoms with Crippen LogP contribution in [0.1, 0.15) is 12.0 Å². The van der Waals surface area contributed by atoms with E-state index in [0.29, 0.717) is 5.56 Å². The van der Waals surface area contributed by atoms with Gasteiger partial charge < -0.3 is 9.40 Å². The van der Waals surface area contributed by atoms with Crippen LogP contribution < -0.4 is 10.4 Å². The summed E-state index contributed by atoms with van der Waals surface area (Å²) >= 11 is 5.08. The summed E-state index contributed by atoms with van der Waals surface area (Å²) in [5.74, 6) is -0.631. The predicted octanol–water partition coefficient (Wildman–Crippen LogP) is 0.641. The number of benzene rings is 1. The van der Waals surface area contributed by atoms with Gasteiger partial charge in [-0.2, -0.15) is 0 Å². The maximum atomic E-state index is 11.5. The Hall–Kier alpha value is -1.34. The Bertz CT molecular complexity index is 526. The van der Waals surface area contributed by atoms with Crippen LogP contribution in [0.3, 0.4) is 0 Å². The van der Waals surface area contributed by atoms with Gasteiger partial charge in [-0.25, -0.2) is 4.79 Å². The molecule has 0 radical (unpaired) electrons. The first kappa shape index (κ1) is 12.7. The minimum atomic E-state index is -1.28. The third-order valence-electron chi connectivity index (χ3n) is 3.64. The van der Waals surface area contributed by atoms with E-state index in [4.69, 9.17) is 16.7 Å². The number of rotatable bonds is 1. The second-order valence-corrected chi connectivity index (χ2v) is 4.90. The number of nitrogens with one attached hydrogen (secondary N) is 1. The topological polar surface area (TPSA) is 71.0 Å². The number of nitrogens with zero attached hydrogens (tertiary/aromatic N) is 1. The third-order valence-corrected chi connectivity index (χ3v) is 3.79. The van der Waals surface area contributed by atoms with Crippen LogP contribution in [0.4, 0.5) is 5.69 Å². The van der Waals surface area contributed by atoms with Crippen molar-refractivity contribution in [3.05, 3.63) is 29.8 Å². The summed E-state index contributed by atoms with van der Waals surface area (Å²) in [5.41, 5.74) is 0.202. The molecule has 102 valence electrons. The van der Waals surface area contributed by atoms with E-state index in [0.717, 1.165) is 5.69 Å². The van der Waals surface area contributed by atoms with Crippen molar-refractivity contribution in [2.45, 2.75) is 24.3 Å². The van der Waals surface area contributed by atoms with Crippen molar-refractivity contribution in [2.75, 3.05) is 12.1 Å². The van der Waals surface area contributed by atoms with Gasteiger partial charge in [-0.1, -0.05) is 18.2 Å². The molecule has 0 amide bonds. The molecule has 0 spiro atoms. The molecule has 0 bridgehead atoms. The molecular weight excluding hydrogens is 272 g/mol. The van der Waals surface area contributed by atoms with E-state index in [1.807, 2.05) is 24.3 Å². The lowest BCUT2D eigenvalue weighted by molar-refractivity contribution is -0.136. The smallest absolute Gasteiger partial charge is 0.341 e. The lowest BCUT2D eigenvalue weighted by atomic mass is 9.87. The first-order chi connectivity index (χ1) is 9.06. The van der Waals surface area contributed by atoms with Crippen molar-refractivity contribution in [3.8, 4) is 0 Å². The second-order valence-electron chi connectivity index (χ2n) is 4.74. The van der Waals surface area contributed by atoms with Crippen molar-refractivity contribution in [1.29, 1.82) is 0 Å². The van der Waals surface area contributed by atoms with E-state index in [1.54, 1.807) is 12.1 Å². The van der Waals surface area contributed by atoms with Gasteiger partial charge in [0, 0.05) is 19.0 Å². The summed E-state index contributed by atoms with van der Waals surface area (Å²) in [5, 5.41) is 15.3. The molecule has 0 aromatic heterocycles. The quantitative estimate of drug-likeness (QED) is 0.789. The van der Waals surface area contributed by atoms with Crippen LogP contribution in [0, 0.1) is 0 Å². The van der Waals surface area contributed by atoms with Gasteiger partial charge in [0.2, 0.25) is 0 Å². The molecule has 19 heavy (non-hydrogen) atoms. The predicted molar refractivity (Wildman–Crippen MR) is 67.1 cm³/mol. The van der Waals surface area contributed by atoms with Crippen LogP contribution in [0.15, 0.2) is 24.3 Å². The molecule has 3 atom stereocenters.